The molecule has 5 heteroatoms. The van der Waals surface area contributed by atoms with E-state index in [2.05, 4.69) is 10.3 Å². The zero-order valence-electron chi connectivity index (χ0n) is 10.6. The summed E-state index contributed by atoms with van der Waals surface area (Å²) in [4.78, 5) is 16.0. The van der Waals surface area contributed by atoms with Crippen molar-refractivity contribution in [1.82, 2.24) is 10.3 Å². The van der Waals surface area contributed by atoms with Crippen LogP contribution in [-0.2, 0) is 6.42 Å². The summed E-state index contributed by atoms with van der Waals surface area (Å²) < 4.78 is 0. The van der Waals surface area contributed by atoms with E-state index in [1.165, 1.54) is 12.3 Å². The number of carbonyl (C=O) groups is 1. The first kappa shape index (κ1) is 13.1. The summed E-state index contributed by atoms with van der Waals surface area (Å²) in [5.74, 6) is -0.268. The Balaban J connectivity index is 1.83. The van der Waals surface area contributed by atoms with E-state index in [9.17, 15) is 9.90 Å². The van der Waals surface area contributed by atoms with Crippen molar-refractivity contribution in [2.24, 2.45) is 0 Å². The van der Waals surface area contributed by atoms with Crippen LogP contribution in [0, 0.1) is 0 Å². The Morgan fingerprint density at radius 1 is 1.35 bits per heavy atom. The predicted octanol–water partition coefficient (Wildman–Crippen LogP) is 2.12. The van der Waals surface area contributed by atoms with E-state index < -0.39 is 6.10 Å². The molecule has 0 spiro atoms. The van der Waals surface area contributed by atoms with Crippen molar-refractivity contribution in [3.05, 3.63) is 64.4 Å². The molecule has 0 saturated heterocycles. The number of aliphatic hydroxyl groups is 1. The van der Waals surface area contributed by atoms with Gasteiger partial charge in [-0.1, -0.05) is 35.9 Å². The second-order valence-corrected chi connectivity index (χ2v) is 5.18. The lowest BCUT2D eigenvalue weighted by molar-refractivity contribution is 0.0858. The fraction of sp³-hybridized carbons (Fsp3) is 0.200. The van der Waals surface area contributed by atoms with Gasteiger partial charge in [0, 0.05) is 18.2 Å². The molecule has 2 atom stereocenters. The van der Waals surface area contributed by atoms with Crippen molar-refractivity contribution < 1.29 is 9.90 Å². The third-order valence-electron chi connectivity index (χ3n) is 3.48. The lowest BCUT2D eigenvalue weighted by Crippen LogP contribution is -2.33. The van der Waals surface area contributed by atoms with Gasteiger partial charge in [0.2, 0.25) is 0 Å². The molecule has 0 saturated carbocycles. The van der Waals surface area contributed by atoms with Crippen molar-refractivity contribution >= 4 is 17.5 Å². The molecule has 1 aromatic heterocycles. The van der Waals surface area contributed by atoms with Gasteiger partial charge in [-0.3, -0.25) is 4.79 Å². The Morgan fingerprint density at radius 2 is 2.15 bits per heavy atom. The molecule has 20 heavy (non-hydrogen) atoms. The van der Waals surface area contributed by atoms with Crippen molar-refractivity contribution in [1.29, 1.82) is 0 Å². The lowest BCUT2D eigenvalue weighted by Gasteiger charge is -2.18. The van der Waals surface area contributed by atoms with Crippen molar-refractivity contribution in [3.8, 4) is 0 Å². The first-order chi connectivity index (χ1) is 9.65. The summed E-state index contributed by atoms with van der Waals surface area (Å²) in [6.45, 7) is 0. The van der Waals surface area contributed by atoms with Crippen LogP contribution in [0.25, 0.3) is 0 Å². The summed E-state index contributed by atoms with van der Waals surface area (Å²) in [5.41, 5.74) is 2.47. The van der Waals surface area contributed by atoms with Crippen LogP contribution in [0.4, 0.5) is 0 Å². The van der Waals surface area contributed by atoms with Crippen LogP contribution in [0.5, 0.6) is 0 Å². The normalized spacial score (nSPS) is 20.5. The third-order valence-corrected chi connectivity index (χ3v) is 3.69. The molecule has 1 heterocycles. The maximum Gasteiger partial charge on any atom is 0.252 e. The Labute approximate surface area is 121 Å². The molecule has 2 aromatic rings. The summed E-state index contributed by atoms with van der Waals surface area (Å²) >= 11 is 5.77. The molecule has 4 nitrogen and oxygen atoms in total. The van der Waals surface area contributed by atoms with Crippen LogP contribution in [0.3, 0.4) is 0 Å². The summed E-state index contributed by atoms with van der Waals surface area (Å²) in [7, 11) is 0. The van der Waals surface area contributed by atoms with E-state index in [1.807, 2.05) is 24.3 Å². The Hall–Kier alpha value is -1.91. The second kappa shape index (κ2) is 5.23. The zero-order chi connectivity index (χ0) is 14.1. The Bertz CT molecular complexity index is 660. The number of rotatable bonds is 2. The number of carbonyl (C=O) groups excluding carboxylic acids is 1. The van der Waals surface area contributed by atoms with Crippen molar-refractivity contribution in [2.45, 2.75) is 18.6 Å². The standard InChI is InChI=1S/C15H13ClN2O2/c16-13-8-10(5-6-17-13)15(20)18-14-11-4-2-1-3-9(11)7-12(14)19/h1-6,8,12,14,19H,7H2,(H,18,20). The van der Waals surface area contributed by atoms with Gasteiger partial charge < -0.3 is 10.4 Å². The maximum absolute atomic E-state index is 12.2. The molecular weight excluding hydrogens is 276 g/mol. The molecule has 3 rings (SSSR count). The van der Waals surface area contributed by atoms with Gasteiger partial charge in [0.1, 0.15) is 5.15 Å². The van der Waals surface area contributed by atoms with Crippen LogP contribution in [0.15, 0.2) is 42.6 Å². The zero-order valence-corrected chi connectivity index (χ0v) is 11.3. The van der Waals surface area contributed by atoms with Crippen LogP contribution < -0.4 is 5.32 Å². The Kier molecular flexibility index (Phi) is 3.42. The van der Waals surface area contributed by atoms with Crippen LogP contribution in [-0.4, -0.2) is 22.1 Å². The monoisotopic (exact) mass is 288 g/mol. The highest BCUT2D eigenvalue weighted by atomic mass is 35.5. The molecule has 102 valence electrons. The fourth-order valence-electron chi connectivity index (χ4n) is 2.52. The van der Waals surface area contributed by atoms with Gasteiger partial charge >= 0.3 is 0 Å². The predicted molar refractivity (Wildman–Crippen MR) is 75.6 cm³/mol. The molecule has 1 aliphatic carbocycles. The lowest BCUT2D eigenvalue weighted by atomic mass is 10.1. The second-order valence-electron chi connectivity index (χ2n) is 4.79. The number of hydrogen-bond donors (Lipinski definition) is 2. The van der Waals surface area contributed by atoms with Crippen LogP contribution in [0.1, 0.15) is 27.5 Å². The van der Waals surface area contributed by atoms with Crippen molar-refractivity contribution in [2.75, 3.05) is 0 Å². The number of aromatic nitrogens is 1. The number of hydrogen-bond acceptors (Lipinski definition) is 3. The number of pyridine rings is 1. The molecule has 0 bridgehead atoms. The quantitative estimate of drug-likeness (QED) is 0.832. The molecule has 2 unspecified atom stereocenters. The average Bonchev–Trinajstić information content (AvgIpc) is 2.75. The number of nitrogens with one attached hydrogen (secondary N) is 1. The topological polar surface area (TPSA) is 62.2 Å². The van der Waals surface area contributed by atoms with E-state index in [0.717, 1.165) is 11.1 Å². The highest BCUT2D eigenvalue weighted by molar-refractivity contribution is 6.29. The van der Waals surface area contributed by atoms with Gasteiger partial charge in [0.05, 0.1) is 12.1 Å². The minimum Gasteiger partial charge on any atom is -0.390 e. The van der Waals surface area contributed by atoms with Gasteiger partial charge in [-0.25, -0.2) is 4.98 Å². The molecule has 1 amide bonds. The van der Waals surface area contributed by atoms with E-state index in [0.29, 0.717) is 12.0 Å². The van der Waals surface area contributed by atoms with Gasteiger partial charge in [-0.2, -0.15) is 0 Å². The van der Waals surface area contributed by atoms with Gasteiger partial charge in [-0.15, -0.1) is 0 Å². The molecule has 1 aromatic carbocycles. The van der Waals surface area contributed by atoms with Crippen LogP contribution in [0.2, 0.25) is 5.15 Å². The molecule has 0 fully saturated rings. The van der Waals surface area contributed by atoms with E-state index in [-0.39, 0.29) is 17.1 Å². The minimum atomic E-state index is -0.603. The number of amides is 1. The number of benzene rings is 1. The highest BCUT2D eigenvalue weighted by Gasteiger charge is 2.32. The van der Waals surface area contributed by atoms with E-state index >= 15 is 0 Å². The smallest absolute Gasteiger partial charge is 0.252 e. The molecule has 0 aliphatic heterocycles. The van der Waals surface area contributed by atoms with Gasteiger partial charge in [0.15, 0.2) is 0 Å². The highest BCUT2D eigenvalue weighted by Crippen LogP contribution is 2.31. The molecule has 0 radical (unpaired) electrons. The van der Waals surface area contributed by atoms with Crippen molar-refractivity contribution in [3.63, 3.8) is 0 Å². The first-order valence-corrected chi connectivity index (χ1v) is 6.71. The molecule has 2 N–H and O–H groups in total. The number of fused-ring (bicyclic) bond motifs is 1. The summed E-state index contributed by atoms with van der Waals surface area (Å²) in [5, 5.41) is 13.2. The number of nitrogens with zero attached hydrogens (tertiary/aromatic N) is 1. The maximum atomic E-state index is 12.2. The van der Waals surface area contributed by atoms with E-state index in [1.54, 1.807) is 6.07 Å². The summed E-state index contributed by atoms with van der Waals surface area (Å²) in [6.07, 6.45) is 1.43. The first-order valence-electron chi connectivity index (χ1n) is 6.33. The molecular formula is C15H13ClN2O2. The minimum absolute atomic E-state index is 0.268. The Morgan fingerprint density at radius 3 is 2.95 bits per heavy atom. The van der Waals surface area contributed by atoms with Gasteiger partial charge in [0.25, 0.3) is 5.91 Å². The third kappa shape index (κ3) is 2.40. The van der Waals surface area contributed by atoms with E-state index in [4.69, 9.17) is 11.6 Å². The summed E-state index contributed by atoms with van der Waals surface area (Å²) in [6, 6.07) is 10.4. The number of halogens is 1. The molecule has 1 aliphatic rings. The largest absolute Gasteiger partial charge is 0.390 e. The van der Waals surface area contributed by atoms with Crippen LogP contribution >= 0.6 is 11.6 Å². The SMILES string of the molecule is O=C(NC1c2ccccc2CC1O)c1ccnc(Cl)c1. The average molecular weight is 289 g/mol. The van der Waals surface area contributed by atoms with Gasteiger partial charge in [-0.05, 0) is 23.3 Å². The number of aliphatic hydroxyl groups excluding tert-OH is 1. The fourth-order valence-corrected chi connectivity index (χ4v) is 2.69.